The second-order valence-electron chi connectivity index (χ2n) is 5.53. The smallest absolute Gasteiger partial charge is 0.340 e. The van der Waals surface area contributed by atoms with Crippen molar-refractivity contribution in [3.63, 3.8) is 0 Å². The maximum Gasteiger partial charge on any atom is 0.340 e. The summed E-state index contributed by atoms with van der Waals surface area (Å²) in [5, 5.41) is 14.5. The van der Waals surface area contributed by atoms with Gasteiger partial charge in [-0.1, -0.05) is 42.0 Å². The van der Waals surface area contributed by atoms with Gasteiger partial charge in [-0.05, 0) is 24.6 Å². The molecular weight excluding hydrogens is 320 g/mol. The molecule has 0 atom stereocenters. The summed E-state index contributed by atoms with van der Waals surface area (Å²) in [5.41, 5.74) is 3.00. The summed E-state index contributed by atoms with van der Waals surface area (Å²) in [7, 11) is 0. The maximum atomic E-state index is 12.1. The molecule has 0 heterocycles. The van der Waals surface area contributed by atoms with Gasteiger partial charge in [-0.3, -0.25) is 4.79 Å². The van der Waals surface area contributed by atoms with Gasteiger partial charge in [-0.15, -0.1) is 0 Å². The molecular formula is C19H22N2O4. The highest BCUT2D eigenvalue weighted by molar-refractivity contribution is 5.96. The molecule has 6 nitrogen and oxygen atoms in total. The molecule has 0 aromatic heterocycles. The van der Waals surface area contributed by atoms with E-state index in [-0.39, 0.29) is 19.1 Å². The van der Waals surface area contributed by atoms with Crippen molar-refractivity contribution in [2.75, 3.05) is 25.1 Å². The summed E-state index contributed by atoms with van der Waals surface area (Å²) in [6.45, 7) is 2.30. The van der Waals surface area contributed by atoms with E-state index in [0.29, 0.717) is 24.3 Å². The van der Waals surface area contributed by atoms with E-state index in [1.807, 2.05) is 31.2 Å². The summed E-state index contributed by atoms with van der Waals surface area (Å²) in [6, 6.07) is 14.6. The fourth-order valence-corrected chi connectivity index (χ4v) is 2.17. The number of amides is 1. The lowest BCUT2D eigenvalue weighted by molar-refractivity contribution is -0.124. The van der Waals surface area contributed by atoms with E-state index in [1.165, 1.54) is 0 Å². The molecule has 2 aromatic rings. The van der Waals surface area contributed by atoms with Gasteiger partial charge in [-0.2, -0.15) is 0 Å². The van der Waals surface area contributed by atoms with E-state index in [4.69, 9.17) is 9.84 Å². The quantitative estimate of drug-likeness (QED) is 0.638. The molecule has 3 N–H and O–H groups in total. The van der Waals surface area contributed by atoms with Gasteiger partial charge in [-0.25, -0.2) is 4.79 Å². The number of carbonyl (C=O) groups is 2. The third-order valence-corrected chi connectivity index (χ3v) is 3.52. The third kappa shape index (κ3) is 5.93. The van der Waals surface area contributed by atoms with Crippen molar-refractivity contribution < 1.29 is 19.4 Å². The lowest BCUT2D eigenvalue weighted by Crippen LogP contribution is -2.28. The summed E-state index contributed by atoms with van der Waals surface area (Å²) in [4.78, 5) is 24.0. The predicted octanol–water partition coefficient (Wildman–Crippen LogP) is 1.87. The average Bonchev–Trinajstić information content (AvgIpc) is 2.64. The van der Waals surface area contributed by atoms with Crippen LogP contribution in [0.25, 0.3) is 0 Å². The Kier molecular flexibility index (Phi) is 6.98. The van der Waals surface area contributed by atoms with E-state index >= 15 is 0 Å². The van der Waals surface area contributed by atoms with Crippen molar-refractivity contribution in [2.45, 2.75) is 13.5 Å². The number of benzene rings is 2. The molecule has 0 spiro atoms. The minimum Gasteiger partial charge on any atom is -0.452 e. The van der Waals surface area contributed by atoms with Gasteiger partial charge in [0.05, 0.1) is 12.2 Å². The first-order chi connectivity index (χ1) is 12.1. The Morgan fingerprint density at radius 2 is 1.80 bits per heavy atom. The number of carbonyl (C=O) groups excluding carboxylic acids is 2. The van der Waals surface area contributed by atoms with Crippen LogP contribution in [0.4, 0.5) is 5.69 Å². The Bertz CT molecular complexity index is 714. The monoisotopic (exact) mass is 342 g/mol. The lowest BCUT2D eigenvalue weighted by atomic mass is 10.1. The van der Waals surface area contributed by atoms with Gasteiger partial charge >= 0.3 is 5.97 Å². The molecule has 0 saturated carbocycles. The Hall–Kier alpha value is -2.86. The van der Waals surface area contributed by atoms with Crippen LogP contribution in [0.3, 0.4) is 0 Å². The molecule has 0 bridgehead atoms. The Morgan fingerprint density at radius 3 is 2.52 bits per heavy atom. The average molecular weight is 342 g/mol. The van der Waals surface area contributed by atoms with Crippen molar-refractivity contribution >= 4 is 17.6 Å². The number of hydrogen-bond acceptors (Lipinski definition) is 5. The minimum atomic E-state index is -0.591. The number of hydrogen-bond donors (Lipinski definition) is 3. The molecule has 0 saturated heterocycles. The number of esters is 1. The van der Waals surface area contributed by atoms with Crippen LogP contribution in [0.5, 0.6) is 0 Å². The van der Waals surface area contributed by atoms with Crippen LogP contribution in [-0.4, -0.2) is 36.7 Å². The first-order valence-electron chi connectivity index (χ1n) is 8.03. The van der Waals surface area contributed by atoms with Gasteiger partial charge < -0.3 is 20.5 Å². The molecule has 0 unspecified atom stereocenters. The largest absolute Gasteiger partial charge is 0.452 e. The standard InChI is InChI=1S/C19H22N2O4/c1-14-6-8-15(9-7-14)12-21-18(23)13-25-19(24)16-4-2-3-5-17(16)20-10-11-22/h2-9,20,22H,10-13H2,1H3,(H,21,23). The van der Waals surface area contributed by atoms with Gasteiger partial charge in [0.15, 0.2) is 6.61 Å². The number of aliphatic hydroxyl groups excluding tert-OH is 1. The SMILES string of the molecule is Cc1ccc(CNC(=O)COC(=O)c2ccccc2NCCO)cc1. The van der Waals surface area contributed by atoms with E-state index in [0.717, 1.165) is 11.1 Å². The molecule has 1 amide bonds. The van der Waals surface area contributed by atoms with Crippen LogP contribution < -0.4 is 10.6 Å². The van der Waals surface area contributed by atoms with E-state index in [1.54, 1.807) is 24.3 Å². The van der Waals surface area contributed by atoms with E-state index < -0.39 is 5.97 Å². The van der Waals surface area contributed by atoms with Crippen molar-refractivity contribution in [1.29, 1.82) is 0 Å². The van der Waals surface area contributed by atoms with Gasteiger partial charge in [0.1, 0.15) is 0 Å². The molecule has 25 heavy (non-hydrogen) atoms. The number of para-hydroxylation sites is 1. The molecule has 0 aliphatic heterocycles. The Labute approximate surface area is 146 Å². The molecule has 0 aliphatic carbocycles. The van der Waals surface area contributed by atoms with E-state index in [9.17, 15) is 9.59 Å². The van der Waals surface area contributed by atoms with Gasteiger partial charge in [0.25, 0.3) is 5.91 Å². The van der Waals surface area contributed by atoms with Crippen LogP contribution >= 0.6 is 0 Å². The fraction of sp³-hybridized carbons (Fsp3) is 0.263. The second kappa shape index (κ2) is 9.44. The Morgan fingerprint density at radius 1 is 1.08 bits per heavy atom. The normalized spacial score (nSPS) is 10.2. The van der Waals surface area contributed by atoms with Crippen LogP contribution in [0.15, 0.2) is 48.5 Å². The molecule has 0 aliphatic rings. The van der Waals surface area contributed by atoms with Crippen molar-refractivity contribution in [2.24, 2.45) is 0 Å². The highest BCUT2D eigenvalue weighted by Crippen LogP contribution is 2.15. The number of nitrogens with one attached hydrogen (secondary N) is 2. The topological polar surface area (TPSA) is 87.7 Å². The number of anilines is 1. The summed E-state index contributed by atoms with van der Waals surface area (Å²) < 4.78 is 5.06. The lowest BCUT2D eigenvalue weighted by Gasteiger charge is -2.11. The van der Waals surface area contributed by atoms with E-state index in [2.05, 4.69) is 10.6 Å². The number of ether oxygens (including phenoxy) is 1. The highest BCUT2D eigenvalue weighted by Gasteiger charge is 2.13. The molecule has 0 radical (unpaired) electrons. The summed E-state index contributed by atoms with van der Waals surface area (Å²) >= 11 is 0. The zero-order chi connectivity index (χ0) is 18.1. The first-order valence-corrected chi connectivity index (χ1v) is 8.03. The third-order valence-electron chi connectivity index (χ3n) is 3.52. The molecule has 2 rings (SSSR count). The van der Waals surface area contributed by atoms with Crippen molar-refractivity contribution in [3.8, 4) is 0 Å². The molecule has 6 heteroatoms. The fourth-order valence-electron chi connectivity index (χ4n) is 2.17. The number of aliphatic hydroxyl groups is 1. The summed E-state index contributed by atoms with van der Waals surface area (Å²) in [5.74, 6) is -0.957. The van der Waals surface area contributed by atoms with Crippen molar-refractivity contribution in [3.05, 3.63) is 65.2 Å². The number of rotatable bonds is 8. The van der Waals surface area contributed by atoms with Crippen LogP contribution in [0.1, 0.15) is 21.5 Å². The zero-order valence-electron chi connectivity index (χ0n) is 14.1. The molecule has 132 valence electrons. The summed E-state index contributed by atoms with van der Waals surface area (Å²) in [6.07, 6.45) is 0. The second-order valence-corrected chi connectivity index (χ2v) is 5.53. The molecule has 0 fully saturated rings. The van der Waals surface area contributed by atoms with Crippen LogP contribution in [0, 0.1) is 6.92 Å². The predicted molar refractivity (Wildman–Crippen MR) is 95.3 cm³/mol. The first kappa shape index (κ1) is 18.5. The van der Waals surface area contributed by atoms with Crippen LogP contribution in [-0.2, 0) is 16.1 Å². The van der Waals surface area contributed by atoms with Gasteiger partial charge in [0, 0.05) is 18.8 Å². The zero-order valence-corrected chi connectivity index (χ0v) is 14.1. The Balaban J connectivity index is 1.83. The van der Waals surface area contributed by atoms with Crippen molar-refractivity contribution in [1.82, 2.24) is 5.32 Å². The number of aryl methyl sites for hydroxylation is 1. The highest BCUT2D eigenvalue weighted by atomic mass is 16.5. The molecule has 2 aromatic carbocycles. The van der Waals surface area contributed by atoms with Crippen LogP contribution in [0.2, 0.25) is 0 Å². The maximum absolute atomic E-state index is 12.1. The van der Waals surface area contributed by atoms with Gasteiger partial charge in [0.2, 0.25) is 0 Å². The minimum absolute atomic E-state index is 0.0508.